The van der Waals surface area contributed by atoms with Crippen LogP contribution in [-0.4, -0.2) is 37.0 Å². The molecule has 0 radical (unpaired) electrons. The molecule has 0 saturated heterocycles. The van der Waals surface area contributed by atoms with Crippen molar-refractivity contribution in [3.05, 3.63) is 28.2 Å². The fourth-order valence-electron chi connectivity index (χ4n) is 1.89. The second kappa shape index (κ2) is 6.39. The minimum atomic E-state index is 0.0282. The summed E-state index contributed by atoms with van der Waals surface area (Å²) in [5.74, 6) is 0.721. The van der Waals surface area contributed by atoms with E-state index in [-0.39, 0.29) is 12.5 Å². The molecule has 2 N–H and O–H groups in total. The number of rotatable bonds is 6. The Labute approximate surface area is 122 Å². The lowest BCUT2D eigenvalue weighted by Gasteiger charge is -2.17. The number of carbonyl (C=O) groups is 1. The van der Waals surface area contributed by atoms with Crippen LogP contribution in [0.5, 0.6) is 5.75 Å². The molecule has 2 rings (SSSR count). The van der Waals surface area contributed by atoms with Gasteiger partial charge in [-0.1, -0.05) is 6.07 Å². The fourth-order valence-corrected chi connectivity index (χ4v) is 2.43. The van der Waals surface area contributed by atoms with E-state index in [1.54, 1.807) is 4.90 Å². The molecule has 4 nitrogen and oxygen atoms in total. The van der Waals surface area contributed by atoms with Gasteiger partial charge in [0.15, 0.2) is 6.61 Å². The molecule has 5 heteroatoms. The number of hydrogen-bond donors (Lipinski definition) is 1. The number of hydrogen-bond acceptors (Lipinski definition) is 3. The molecule has 0 bridgehead atoms. The van der Waals surface area contributed by atoms with Gasteiger partial charge in [0.25, 0.3) is 5.91 Å². The molecule has 1 saturated carbocycles. The van der Waals surface area contributed by atoms with Gasteiger partial charge in [0.2, 0.25) is 0 Å². The van der Waals surface area contributed by atoms with Crippen LogP contribution in [0, 0.1) is 0 Å². The van der Waals surface area contributed by atoms with Gasteiger partial charge in [-0.2, -0.15) is 0 Å². The Morgan fingerprint density at radius 1 is 1.53 bits per heavy atom. The summed E-state index contributed by atoms with van der Waals surface area (Å²) in [6.07, 6.45) is 3.06. The monoisotopic (exact) mass is 326 g/mol. The predicted octanol–water partition coefficient (Wildman–Crippen LogP) is 1.95. The summed E-state index contributed by atoms with van der Waals surface area (Å²) in [5.41, 5.74) is 6.67. The molecule has 1 fully saturated rings. The lowest BCUT2D eigenvalue weighted by molar-refractivity contribution is -0.132. The van der Waals surface area contributed by atoms with E-state index in [9.17, 15) is 4.79 Å². The van der Waals surface area contributed by atoms with Crippen molar-refractivity contribution in [2.45, 2.75) is 25.3 Å². The SMILES string of the molecule is CN(C(=O)COc1ccc(CCN)cc1Br)C1CC1. The van der Waals surface area contributed by atoms with Crippen molar-refractivity contribution in [1.82, 2.24) is 4.90 Å². The van der Waals surface area contributed by atoms with Crippen molar-refractivity contribution in [1.29, 1.82) is 0 Å². The Balaban J connectivity index is 1.90. The van der Waals surface area contributed by atoms with Crippen LogP contribution in [0.15, 0.2) is 22.7 Å². The number of carbonyl (C=O) groups excluding carboxylic acids is 1. The quantitative estimate of drug-likeness (QED) is 0.869. The number of halogens is 1. The van der Waals surface area contributed by atoms with Gasteiger partial charge in [0, 0.05) is 13.1 Å². The molecule has 0 heterocycles. The molecule has 0 spiro atoms. The van der Waals surface area contributed by atoms with Crippen LogP contribution in [0.4, 0.5) is 0 Å². The van der Waals surface area contributed by atoms with Crippen molar-refractivity contribution >= 4 is 21.8 Å². The van der Waals surface area contributed by atoms with Gasteiger partial charge in [-0.3, -0.25) is 4.79 Å². The summed E-state index contributed by atoms with van der Waals surface area (Å²) in [5, 5.41) is 0. The fraction of sp³-hybridized carbons (Fsp3) is 0.500. The summed E-state index contributed by atoms with van der Waals surface area (Å²) in [6.45, 7) is 0.707. The van der Waals surface area contributed by atoms with E-state index in [1.165, 1.54) is 0 Å². The molecule has 0 aliphatic heterocycles. The molecule has 19 heavy (non-hydrogen) atoms. The number of likely N-dealkylation sites (N-methyl/N-ethyl adjacent to an activating group) is 1. The third-order valence-electron chi connectivity index (χ3n) is 3.27. The van der Waals surface area contributed by atoms with E-state index in [1.807, 2.05) is 25.2 Å². The van der Waals surface area contributed by atoms with E-state index < -0.39 is 0 Å². The van der Waals surface area contributed by atoms with Gasteiger partial charge in [0.1, 0.15) is 5.75 Å². The molecular weight excluding hydrogens is 308 g/mol. The van der Waals surface area contributed by atoms with E-state index in [4.69, 9.17) is 10.5 Å². The molecular formula is C14H19BrN2O2. The summed E-state index contributed by atoms with van der Waals surface area (Å²) in [6, 6.07) is 6.25. The smallest absolute Gasteiger partial charge is 0.260 e. The lowest BCUT2D eigenvalue weighted by atomic mass is 10.1. The van der Waals surface area contributed by atoms with E-state index in [0.29, 0.717) is 18.3 Å². The molecule has 1 aliphatic carbocycles. The third kappa shape index (κ3) is 3.94. The maximum Gasteiger partial charge on any atom is 0.260 e. The molecule has 1 aromatic carbocycles. The molecule has 0 aromatic heterocycles. The summed E-state index contributed by atoms with van der Waals surface area (Å²) >= 11 is 3.45. The first-order valence-electron chi connectivity index (χ1n) is 6.48. The third-order valence-corrected chi connectivity index (χ3v) is 3.89. The van der Waals surface area contributed by atoms with E-state index in [2.05, 4.69) is 15.9 Å². The number of nitrogens with two attached hydrogens (primary N) is 1. The highest BCUT2D eigenvalue weighted by molar-refractivity contribution is 9.10. The van der Waals surface area contributed by atoms with Gasteiger partial charge < -0.3 is 15.4 Å². The van der Waals surface area contributed by atoms with Gasteiger partial charge in [-0.05, 0) is 59.4 Å². The largest absolute Gasteiger partial charge is 0.483 e. The van der Waals surface area contributed by atoms with Crippen molar-refractivity contribution in [3.8, 4) is 5.75 Å². The molecule has 1 amide bonds. The van der Waals surface area contributed by atoms with Gasteiger partial charge in [-0.25, -0.2) is 0 Å². The average Bonchev–Trinajstić information content (AvgIpc) is 3.21. The van der Waals surface area contributed by atoms with Crippen LogP contribution in [0.3, 0.4) is 0 Å². The number of nitrogens with zero attached hydrogens (tertiary/aromatic N) is 1. The topological polar surface area (TPSA) is 55.6 Å². The zero-order valence-corrected chi connectivity index (χ0v) is 12.6. The van der Waals surface area contributed by atoms with E-state index in [0.717, 1.165) is 29.3 Å². The minimum Gasteiger partial charge on any atom is -0.483 e. The Kier molecular flexibility index (Phi) is 4.82. The second-order valence-electron chi connectivity index (χ2n) is 4.83. The maximum absolute atomic E-state index is 11.8. The highest BCUT2D eigenvalue weighted by atomic mass is 79.9. The number of benzene rings is 1. The molecule has 1 aliphatic rings. The van der Waals surface area contributed by atoms with Crippen molar-refractivity contribution < 1.29 is 9.53 Å². The Morgan fingerprint density at radius 2 is 2.26 bits per heavy atom. The Bertz CT molecular complexity index is 461. The van der Waals surface area contributed by atoms with Crippen molar-refractivity contribution in [3.63, 3.8) is 0 Å². The van der Waals surface area contributed by atoms with Crippen molar-refractivity contribution in [2.24, 2.45) is 5.73 Å². The molecule has 1 aromatic rings. The Morgan fingerprint density at radius 3 is 2.84 bits per heavy atom. The van der Waals surface area contributed by atoms with Crippen LogP contribution < -0.4 is 10.5 Å². The number of amides is 1. The van der Waals surface area contributed by atoms with Gasteiger partial charge in [0.05, 0.1) is 4.47 Å². The van der Waals surface area contributed by atoms with Crippen LogP contribution in [0.1, 0.15) is 18.4 Å². The Hall–Kier alpha value is -1.07. The first-order valence-corrected chi connectivity index (χ1v) is 7.28. The zero-order valence-electron chi connectivity index (χ0n) is 11.1. The normalized spacial score (nSPS) is 14.3. The van der Waals surface area contributed by atoms with E-state index >= 15 is 0 Å². The lowest BCUT2D eigenvalue weighted by Crippen LogP contribution is -2.33. The highest BCUT2D eigenvalue weighted by Gasteiger charge is 2.29. The van der Waals surface area contributed by atoms with Crippen molar-refractivity contribution in [2.75, 3.05) is 20.2 Å². The zero-order chi connectivity index (χ0) is 13.8. The maximum atomic E-state index is 11.8. The van der Waals surface area contributed by atoms with Gasteiger partial charge >= 0.3 is 0 Å². The predicted molar refractivity (Wildman–Crippen MR) is 78.2 cm³/mol. The molecule has 0 unspecified atom stereocenters. The summed E-state index contributed by atoms with van der Waals surface area (Å²) in [4.78, 5) is 13.6. The van der Waals surface area contributed by atoms with Crippen LogP contribution in [0.25, 0.3) is 0 Å². The first-order chi connectivity index (χ1) is 9.11. The molecule has 0 atom stereocenters. The van der Waals surface area contributed by atoms with Crippen LogP contribution in [-0.2, 0) is 11.2 Å². The van der Waals surface area contributed by atoms with Gasteiger partial charge in [-0.15, -0.1) is 0 Å². The summed E-state index contributed by atoms with van der Waals surface area (Å²) in [7, 11) is 1.84. The highest BCUT2D eigenvalue weighted by Crippen LogP contribution is 2.27. The van der Waals surface area contributed by atoms with Crippen LogP contribution >= 0.6 is 15.9 Å². The second-order valence-corrected chi connectivity index (χ2v) is 5.68. The van der Waals surface area contributed by atoms with Crippen LogP contribution in [0.2, 0.25) is 0 Å². The first kappa shape index (κ1) is 14.3. The molecule has 104 valence electrons. The standard InChI is InChI=1S/C14H19BrN2O2/c1-17(11-3-4-11)14(18)9-19-13-5-2-10(6-7-16)8-12(13)15/h2,5,8,11H,3-4,6-7,9,16H2,1H3. The number of ether oxygens (including phenoxy) is 1. The average molecular weight is 327 g/mol. The summed E-state index contributed by atoms with van der Waals surface area (Å²) < 4.78 is 6.42. The minimum absolute atomic E-state index is 0.0282.